The molecule has 4 bridgehead atoms. The number of hydrogen-bond acceptors (Lipinski definition) is 4. The molecule has 1 aromatic carbocycles. The van der Waals surface area contributed by atoms with Gasteiger partial charge in [-0.3, -0.25) is 23.4 Å². The van der Waals surface area contributed by atoms with Gasteiger partial charge in [-0.15, -0.1) is 0 Å². The van der Waals surface area contributed by atoms with Crippen LogP contribution in [0.15, 0.2) is 36.5 Å². The second-order valence-corrected chi connectivity index (χ2v) is 11.7. The van der Waals surface area contributed by atoms with Crippen LogP contribution in [-0.2, 0) is 20.9 Å². The van der Waals surface area contributed by atoms with Crippen LogP contribution in [0.4, 0.5) is 5.69 Å². The van der Waals surface area contributed by atoms with E-state index in [1.165, 1.54) is 4.31 Å². The maximum Gasteiger partial charge on any atom is 0.262 e. The molecule has 0 aliphatic heterocycles. The highest BCUT2D eigenvalue weighted by atomic mass is 32.2. The number of fused-ring (bicyclic) bond motifs is 1. The van der Waals surface area contributed by atoms with Crippen LogP contribution in [0.5, 0.6) is 0 Å². The van der Waals surface area contributed by atoms with Crippen molar-refractivity contribution in [1.29, 1.82) is 0 Å². The molecule has 0 saturated heterocycles. The minimum atomic E-state index is -2.40. The average Bonchev–Trinajstić information content (AvgIpc) is 2.77. The van der Waals surface area contributed by atoms with E-state index < -0.39 is 22.2 Å². The fraction of sp³-hybridized carbons (Fsp3) is 0.560. The van der Waals surface area contributed by atoms with E-state index >= 15 is 0 Å². The van der Waals surface area contributed by atoms with Crippen molar-refractivity contribution in [2.45, 2.75) is 62.9 Å². The first-order valence-electron chi connectivity index (χ1n) is 12.2. The van der Waals surface area contributed by atoms with Crippen molar-refractivity contribution in [3.05, 3.63) is 36.5 Å². The standard InChI is InChI=1S/C25H30N4O4S/c26-22(30)24-12-15-10-17(13-24)20(18(11-15)14-24)28-23(31)25(7-3-8-25)29(34(32)33)19-6-1-4-16-5-2-9-27-21(16)19/h1-2,4-6,9,15,17-18,20H,3,7-8,10-14H2,(H2,26,30)(H,28,31)(H,32,33). The Morgan fingerprint density at radius 2 is 1.82 bits per heavy atom. The summed E-state index contributed by atoms with van der Waals surface area (Å²) < 4.78 is 24.5. The molecule has 2 amide bonds. The number of carbonyl (C=O) groups excluding carboxylic acids is 2. The summed E-state index contributed by atoms with van der Waals surface area (Å²) in [5.41, 5.74) is 5.40. The average molecular weight is 483 g/mol. The summed E-state index contributed by atoms with van der Waals surface area (Å²) in [6.45, 7) is 0. The van der Waals surface area contributed by atoms with Crippen molar-refractivity contribution in [3.63, 3.8) is 0 Å². The number of carbonyl (C=O) groups is 2. The minimum absolute atomic E-state index is 0.0198. The molecule has 34 heavy (non-hydrogen) atoms. The number of pyridine rings is 1. The van der Waals surface area contributed by atoms with Gasteiger partial charge >= 0.3 is 0 Å². The van der Waals surface area contributed by atoms with E-state index in [1.54, 1.807) is 12.3 Å². The molecule has 9 heteroatoms. The number of amides is 2. The third-order valence-corrected chi connectivity index (χ3v) is 9.93. The van der Waals surface area contributed by atoms with E-state index in [4.69, 9.17) is 5.73 Å². The van der Waals surface area contributed by atoms with Gasteiger partial charge in [-0.2, -0.15) is 0 Å². The zero-order valence-electron chi connectivity index (χ0n) is 19.0. The van der Waals surface area contributed by atoms with Gasteiger partial charge in [0.05, 0.1) is 11.2 Å². The first-order chi connectivity index (χ1) is 16.3. The SMILES string of the molecule is NC(=O)C12CC3CC(C1)C(NC(=O)C1(N(c4cccc5cccnc45)S(=O)O)CCC1)C(C3)C2. The van der Waals surface area contributed by atoms with Gasteiger partial charge in [-0.1, -0.05) is 18.2 Å². The number of nitrogens with two attached hydrogens (primary N) is 1. The first kappa shape index (κ1) is 22.0. The van der Waals surface area contributed by atoms with Crippen LogP contribution in [0.1, 0.15) is 51.4 Å². The molecule has 4 N–H and O–H groups in total. The summed E-state index contributed by atoms with van der Waals surface area (Å²) in [7, 11) is 0. The summed E-state index contributed by atoms with van der Waals surface area (Å²) in [6, 6.07) is 9.19. The molecular formula is C25H30N4O4S. The highest BCUT2D eigenvalue weighted by Crippen LogP contribution is 2.60. The Hall–Kier alpha value is -2.52. The van der Waals surface area contributed by atoms with E-state index in [9.17, 15) is 18.4 Å². The summed E-state index contributed by atoms with van der Waals surface area (Å²) in [6.07, 6.45) is 7.83. The quantitative estimate of drug-likeness (QED) is 0.546. The van der Waals surface area contributed by atoms with Gasteiger partial charge in [-0.05, 0) is 81.3 Å². The van der Waals surface area contributed by atoms with Gasteiger partial charge in [0.25, 0.3) is 11.3 Å². The van der Waals surface area contributed by atoms with Gasteiger partial charge < -0.3 is 11.1 Å². The van der Waals surface area contributed by atoms with Crippen LogP contribution >= 0.6 is 0 Å². The van der Waals surface area contributed by atoms with Crippen LogP contribution < -0.4 is 15.4 Å². The maximum atomic E-state index is 13.9. The number of hydrogen-bond donors (Lipinski definition) is 3. The number of nitrogens with zero attached hydrogens (tertiary/aromatic N) is 2. The van der Waals surface area contributed by atoms with Crippen LogP contribution in [0.3, 0.4) is 0 Å². The van der Waals surface area contributed by atoms with Gasteiger partial charge in [0, 0.05) is 23.0 Å². The van der Waals surface area contributed by atoms with E-state index in [2.05, 4.69) is 10.3 Å². The van der Waals surface area contributed by atoms with Crippen molar-refractivity contribution >= 4 is 39.7 Å². The zero-order valence-corrected chi connectivity index (χ0v) is 19.8. The summed E-state index contributed by atoms with van der Waals surface area (Å²) in [5.74, 6) is 0.565. The van der Waals surface area contributed by atoms with Gasteiger partial charge in [0.2, 0.25) is 11.8 Å². The van der Waals surface area contributed by atoms with Crippen LogP contribution in [0.25, 0.3) is 10.9 Å². The fourth-order valence-electron chi connectivity index (χ4n) is 7.60. The first-order valence-corrected chi connectivity index (χ1v) is 13.3. The molecule has 8 nitrogen and oxygen atoms in total. The molecule has 5 aliphatic carbocycles. The number of rotatable bonds is 6. The molecular weight excluding hydrogens is 452 g/mol. The highest BCUT2D eigenvalue weighted by molar-refractivity contribution is 7.80. The Kier molecular flexibility index (Phi) is 5.01. The van der Waals surface area contributed by atoms with Crippen molar-refractivity contribution in [1.82, 2.24) is 10.3 Å². The molecule has 180 valence electrons. The van der Waals surface area contributed by atoms with Crippen molar-refractivity contribution in [3.8, 4) is 0 Å². The largest absolute Gasteiger partial charge is 0.369 e. The molecule has 0 spiro atoms. The summed E-state index contributed by atoms with van der Waals surface area (Å²) >= 11 is -2.40. The number of primary amides is 1. The predicted molar refractivity (Wildman–Crippen MR) is 129 cm³/mol. The lowest BCUT2D eigenvalue weighted by atomic mass is 9.47. The van der Waals surface area contributed by atoms with E-state index in [-0.39, 0.29) is 29.7 Å². The molecule has 3 unspecified atom stereocenters. The molecule has 5 aliphatic rings. The topological polar surface area (TPSA) is 126 Å². The number of para-hydroxylation sites is 1. The van der Waals surface area contributed by atoms with Crippen LogP contribution in [0.2, 0.25) is 0 Å². The normalized spacial score (nSPS) is 33.8. The lowest BCUT2D eigenvalue weighted by molar-refractivity contribution is -0.148. The molecule has 5 fully saturated rings. The number of benzene rings is 1. The predicted octanol–water partition coefficient (Wildman–Crippen LogP) is 2.90. The fourth-order valence-corrected chi connectivity index (χ4v) is 8.48. The number of anilines is 1. The molecule has 2 aromatic rings. The Balaban J connectivity index is 1.32. The summed E-state index contributed by atoms with van der Waals surface area (Å²) in [4.78, 5) is 30.6. The van der Waals surface area contributed by atoms with Crippen molar-refractivity contribution in [2.24, 2.45) is 28.9 Å². The van der Waals surface area contributed by atoms with Crippen LogP contribution in [0, 0.1) is 23.2 Å². The van der Waals surface area contributed by atoms with Crippen LogP contribution in [-0.4, -0.2) is 37.1 Å². The monoisotopic (exact) mass is 482 g/mol. The Labute approximate surface area is 201 Å². The second-order valence-electron chi connectivity index (χ2n) is 10.9. The van der Waals surface area contributed by atoms with Gasteiger partial charge in [-0.25, -0.2) is 4.21 Å². The third-order valence-electron chi connectivity index (χ3n) is 9.07. The number of aromatic nitrogens is 1. The van der Waals surface area contributed by atoms with E-state index in [0.29, 0.717) is 30.0 Å². The molecule has 1 heterocycles. The lowest BCUT2D eigenvalue weighted by Crippen LogP contribution is -2.68. The Morgan fingerprint density at radius 3 is 2.44 bits per heavy atom. The van der Waals surface area contributed by atoms with E-state index in [0.717, 1.165) is 43.9 Å². The molecule has 1 aromatic heterocycles. The third kappa shape index (κ3) is 3.12. The Morgan fingerprint density at radius 1 is 1.12 bits per heavy atom. The van der Waals surface area contributed by atoms with Gasteiger partial charge in [0.1, 0.15) is 5.54 Å². The molecule has 5 saturated carbocycles. The molecule has 7 rings (SSSR count). The molecule has 0 radical (unpaired) electrons. The highest BCUT2D eigenvalue weighted by Gasteiger charge is 2.60. The lowest BCUT2D eigenvalue weighted by Gasteiger charge is -2.59. The second kappa shape index (κ2) is 7.75. The van der Waals surface area contributed by atoms with Gasteiger partial charge in [0.15, 0.2) is 0 Å². The number of nitrogens with one attached hydrogen (secondary N) is 1. The van der Waals surface area contributed by atoms with E-state index in [1.807, 2.05) is 24.3 Å². The van der Waals surface area contributed by atoms with Crippen molar-refractivity contribution < 1.29 is 18.4 Å². The maximum absolute atomic E-state index is 13.9. The summed E-state index contributed by atoms with van der Waals surface area (Å²) in [5, 5.41) is 4.17. The smallest absolute Gasteiger partial charge is 0.262 e. The minimum Gasteiger partial charge on any atom is -0.369 e. The molecule has 3 atom stereocenters. The van der Waals surface area contributed by atoms with Crippen molar-refractivity contribution in [2.75, 3.05) is 4.31 Å². The Bertz CT molecular complexity index is 1180. The zero-order chi connectivity index (χ0) is 23.7.